The Bertz CT molecular complexity index is 911. The van der Waals surface area contributed by atoms with Crippen molar-refractivity contribution < 1.29 is 24.2 Å². The van der Waals surface area contributed by atoms with Crippen LogP contribution in [-0.4, -0.2) is 41.9 Å². The Morgan fingerprint density at radius 1 is 1.07 bits per heavy atom. The molecule has 29 heavy (non-hydrogen) atoms. The third-order valence-corrected chi connectivity index (χ3v) is 4.85. The van der Waals surface area contributed by atoms with E-state index in [0.717, 1.165) is 16.8 Å². The van der Waals surface area contributed by atoms with Crippen LogP contribution in [0.4, 0.5) is 0 Å². The molecule has 0 aliphatic carbocycles. The van der Waals surface area contributed by atoms with Crippen molar-refractivity contribution >= 4 is 17.6 Å². The highest BCUT2D eigenvalue weighted by Crippen LogP contribution is 2.35. The maximum Gasteiger partial charge on any atom is 0.303 e. The minimum atomic E-state index is -0.909. The first kappa shape index (κ1) is 20.4. The molecule has 0 bridgehead atoms. The number of carboxylic acid groups (broad SMARTS) is 1. The summed E-state index contributed by atoms with van der Waals surface area (Å²) < 4.78 is 10.7. The number of benzene rings is 2. The Morgan fingerprint density at radius 2 is 1.79 bits per heavy atom. The Morgan fingerprint density at radius 3 is 2.45 bits per heavy atom. The van der Waals surface area contributed by atoms with Crippen LogP contribution in [0.5, 0.6) is 11.5 Å². The van der Waals surface area contributed by atoms with Gasteiger partial charge in [-0.05, 0) is 30.2 Å². The van der Waals surface area contributed by atoms with Crippen LogP contribution in [-0.2, 0) is 9.59 Å². The molecule has 1 aliphatic heterocycles. The number of rotatable bonds is 8. The molecule has 0 aromatic heterocycles. The first-order valence-electron chi connectivity index (χ1n) is 9.42. The number of aliphatic carboxylic acids is 1. The van der Waals surface area contributed by atoms with Gasteiger partial charge >= 0.3 is 5.97 Å². The molecule has 1 unspecified atom stereocenters. The highest BCUT2D eigenvalue weighted by atomic mass is 16.5. The molecule has 2 aromatic carbocycles. The number of carbonyl (C=O) groups is 2. The average Bonchev–Trinajstić information content (AvgIpc) is 3.19. The number of carboxylic acids is 1. The molecule has 0 saturated heterocycles. The van der Waals surface area contributed by atoms with Crippen molar-refractivity contribution in [3.05, 3.63) is 59.7 Å². The van der Waals surface area contributed by atoms with Gasteiger partial charge in [-0.2, -0.15) is 5.10 Å². The molecule has 1 atom stereocenters. The van der Waals surface area contributed by atoms with Gasteiger partial charge in [0.25, 0.3) is 0 Å². The van der Waals surface area contributed by atoms with Crippen molar-refractivity contribution in [3.8, 4) is 11.5 Å². The summed E-state index contributed by atoms with van der Waals surface area (Å²) in [5.74, 6) is 0.121. The maximum absolute atomic E-state index is 12.8. The van der Waals surface area contributed by atoms with Crippen molar-refractivity contribution in [3.63, 3.8) is 0 Å². The van der Waals surface area contributed by atoms with Gasteiger partial charge in [0.05, 0.1) is 26.0 Å². The summed E-state index contributed by atoms with van der Waals surface area (Å²) in [7, 11) is 3.15. The monoisotopic (exact) mass is 396 g/mol. The third kappa shape index (κ3) is 4.74. The van der Waals surface area contributed by atoms with E-state index in [4.69, 9.17) is 14.6 Å². The largest absolute Gasteiger partial charge is 0.493 e. The summed E-state index contributed by atoms with van der Waals surface area (Å²) in [6.07, 6.45) is 0.942. The number of nitrogens with zero attached hydrogens (tertiary/aromatic N) is 2. The second-order valence-corrected chi connectivity index (χ2v) is 6.73. The van der Waals surface area contributed by atoms with Crippen molar-refractivity contribution in [2.45, 2.75) is 31.7 Å². The number of hydrogen-bond acceptors (Lipinski definition) is 5. The predicted molar refractivity (Wildman–Crippen MR) is 108 cm³/mol. The number of methoxy groups -OCH3 is 2. The van der Waals surface area contributed by atoms with Gasteiger partial charge in [-0.1, -0.05) is 30.3 Å². The lowest BCUT2D eigenvalue weighted by molar-refractivity contribution is -0.137. The minimum Gasteiger partial charge on any atom is -0.493 e. The fraction of sp³-hybridized carbons (Fsp3) is 0.318. The van der Waals surface area contributed by atoms with Gasteiger partial charge in [-0.15, -0.1) is 0 Å². The molecular formula is C22H24N2O5. The average molecular weight is 396 g/mol. The topological polar surface area (TPSA) is 88.4 Å². The van der Waals surface area contributed by atoms with E-state index in [0.29, 0.717) is 17.9 Å². The summed E-state index contributed by atoms with van der Waals surface area (Å²) in [5, 5.41) is 14.9. The summed E-state index contributed by atoms with van der Waals surface area (Å²) in [6, 6.07) is 15.0. The molecule has 3 rings (SSSR count). The van der Waals surface area contributed by atoms with Gasteiger partial charge < -0.3 is 14.6 Å². The number of amides is 1. The Kier molecular flexibility index (Phi) is 6.49. The molecular weight excluding hydrogens is 372 g/mol. The molecule has 1 amide bonds. The van der Waals surface area contributed by atoms with E-state index in [9.17, 15) is 9.59 Å². The van der Waals surface area contributed by atoms with E-state index in [1.165, 1.54) is 5.01 Å². The van der Waals surface area contributed by atoms with Crippen LogP contribution in [0.2, 0.25) is 0 Å². The van der Waals surface area contributed by atoms with Gasteiger partial charge in [0, 0.05) is 24.8 Å². The highest BCUT2D eigenvalue weighted by molar-refractivity contribution is 6.03. The summed E-state index contributed by atoms with van der Waals surface area (Å²) in [6.45, 7) is 0. The molecule has 1 N–H and O–H groups in total. The van der Waals surface area contributed by atoms with Crippen molar-refractivity contribution in [2.75, 3.05) is 14.2 Å². The van der Waals surface area contributed by atoms with Gasteiger partial charge in [-0.3, -0.25) is 9.59 Å². The molecule has 2 aromatic rings. The van der Waals surface area contributed by atoms with Crippen LogP contribution < -0.4 is 9.47 Å². The first-order chi connectivity index (χ1) is 14.0. The quantitative estimate of drug-likeness (QED) is 0.736. The highest BCUT2D eigenvalue weighted by Gasteiger charge is 2.33. The van der Waals surface area contributed by atoms with Gasteiger partial charge in [-0.25, -0.2) is 5.01 Å². The second kappa shape index (κ2) is 9.23. The normalized spacial score (nSPS) is 15.7. The fourth-order valence-corrected chi connectivity index (χ4v) is 3.37. The van der Waals surface area contributed by atoms with Crippen LogP contribution in [0.15, 0.2) is 53.6 Å². The van der Waals surface area contributed by atoms with Crippen LogP contribution in [0.3, 0.4) is 0 Å². The van der Waals surface area contributed by atoms with E-state index >= 15 is 0 Å². The van der Waals surface area contributed by atoms with Crippen LogP contribution in [0.1, 0.15) is 42.9 Å². The Hall–Kier alpha value is -3.35. The van der Waals surface area contributed by atoms with Crippen LogP contribution in [0.25, 0.3) is 0 Å². The standard InChI is InChI=1S/C22H24N2O5/c1-28-19-12-11-16(13-20(19)29-2)17-14-18(15-7-4-3-5-8-15)24(23-17)21(25)9-6-10-22(26)27/h3-5,7-8,11-13,18H,6,9-10,14H2,1-2H3,(H,26,27). The van der Waals surface area contributed by atoms with Crippen LogP contribution in [0, 0.1) is 0 Å². The fourth-order valence-electron chi connectivity index (χ4n) is 3.37. The predicted octanol–water partition coefficient (Wildman–Crippen LogP) is 3.64. The smallest absolute Gasteiger partial charge is 0.303 e. The number of carbonyl (C=O) groups excluding carboxylic acids is 1. The summed E-state index contributed by atoms with van der Waals surface area (Å²) >= 11 is 0. The molecule has 0 fully saturated rings. The van der Waals surface area contributed by atoms with Crippen molar-refractivity contribution in [1.29, 1.82) is 0 Å². The number of hydrazone groups is 1. The molecule has 7 heteroatoms. The lowest BCUT2D eigenvalue weighted by Crippen LogP contribution is -2.26. The molecule has 0 spiro atoms. The number of hydrogen-bond donors (Lipinski definition) is 1. The van der Waals surface area contributed by atoms with Gasteiger partial charge in [0.1, 0.15) is 0 Å². The van der Waals surface area contributed by atoms with Crippen LogP contribution >= 0.6 is 0 Å². The van der Waals surface area contributed by atoms with Crippen molar-refractivity contribution in [2.24, 2.45) is 5.10 Å². The van der Waals surface area contributed by atoms with E-state index in [1.807, 2.05) is 48.5 Å². The SMILES string of the molecule is COc1ccc(C2=NN(C(=O)CCCC(=O)O)C(c3ccccc3)C2)cc1OC. The summed E-state index contributed by atoms with van der Waals surface area (Å²) in [4.78, 5) is 23.6. The van der Waals surface area contributed by atoms with Gasteiger partial charge in [0.15, 0.2) is 11.5 Å². The van der Waals surface area contributed by atoms with E-state index in [2.05, 4.69) is 5.10 Å². The molecule has 152 valence electrons. The zero-order chi connectivity index (χ0) is 20.8. The lowest BCUT2D eigenvalue weighted by atomic mass is 9.98. The zero-order valence-corrected chi connectivity index (χ0v) is 16.5. The molecule has 1 aliphatic rings. The van der Waals surface area contributed by atoms with Crippen molar-refractivity contribution in [1.82, 2.24) is 5.01 Å². The minimum absolute atomic E-state index is 0.0398. The zero-order valence-electron chi connectivity index (χ0n) is 16.5. The van der Waals surface area contributed by atoms with Gasteiger partial charge in [0.2, 0.25) is 5.91 Å². The Balaban J connectivity index is 1.88. The number of ether oxygens (including phenoxy) is 2. The molecule has 0 radical (unpaired) electrons. The molecule has 0 saturated carbocycles. The maximum atomic E-state index is 12.8. The van der Waals surface area contributed by atoms with E-state index in [1.54, 1.807) is 14.2 Å². The Labute approximate surface area is 169 Å². The molecule has 1 heterocycles. The molecule has 7 nitrogen and oxygen atoms in total. The van der Waals surface area contributed by atoms with E-state index in [-0.39, 0.29) is 31.2 Å². The summed E-state index contributed by atoms with van der Waals surface area (Å²) in [5.41, 5.74) is 2.61. The second-order valence-electron chi connectivity index (χ2n) is 6.73. The first-order valence-corrected chi connectivity index (χ1v) is 9.42. The lowest BCUT2D eigenvalue weighted by Gasteiger charge is -2.22. The van der Waals surface area contributed by atoms with E-state index < -0.39 is 5.97 Å². The third-order valence-electron chi connectivity index (χ3n) is 4.85.